The first-order chi connectivity index (χ1) is 9.20. The number of nitro groups is 1. The molecule has 3 N–H and O–H groups in total. The van der Waals surface area contributed by atoms with Gasteiger partial charge in [0.05, 0.1) is 12.7 Å². The van der Waals surface area contributed by atoms with Gasteiger partial charge in [-0.15, -0.1) is 0 Å². The highest BCUT2D eigenvalue weighted by Gasteiger charge is 2.36. The van der Waals surface area contributed by atoms with E-state index in [1.54, 1.807) is 0 Å². The van der Waals surface area contributed by atoms with Crippen LogP contribution in [0.2, 0.25) is 0 Å². The van der Waals surface area contributed by atoms with Crippen molar-refractivity contribution >= 4 is 0 Å². The third-order valence-electron chi connectivity index (χ3n) is 3.81. The predicted molar refractivity (Wildman–Crippen MR) is 76.9 cm³/mol. The fourth-order valence-electron chi connectivity index (χ4n) is 2.37. The molecule has 20 heavy (non-hydrogen) atoms. The predicted octanol–water partition coefficient (Wildman–Crippen LogP) is 1.44. The van der Waals surface area contributed by atoms with Crippen LogP contribution in [0.4, 0.5) is 0 Å². The summed E-state index contributed by atoms with van der Waals surface area (Å²) < 4.78 is 0. The van der Waals surface area contributed by atoms with Crippen LogP contribution in [0, 0.1) is 27.9 Å². The summed E-state index contributed by atoms with van der Waals surface area (Å²) in [5.41, 5.74) is 0. The van der Waals surface area contributed by atoms with Gasteiger partial charge in [0.25, 0.3) is 0 Å². The smallest absolute Gasteiger partial charge is 0.238 e. The number of aliphatic hydroxyl groups is 3. The van der Waals surface area contributed by atoms with Crippen molar-refractivity contribution in [3.8, 4) is 0 Å². The minimum absolute atomic E-state index is 0.00287. The summed E-state index contributed by atoms with van der Waals surface area (Å²) in [6.07, 6.45) is -0.829. The average molecular weight is 291 g/mol. The molecule has 6 nitrogen and oxygen atoms in total. The molecule has 0 heterocycles. The first kappa shape index (κ1) is 19.3. The van der Waals surface area contributed by atoms with Gasteiger partial charge in [-0.05, 0) is 30.6 Å². The van der Waals surface area contributed by atoms with Crippen molar-refractivity contribution in [3.63, 3.8) is 0 Å². The van der Waals surface area contributed by atoms with Crippen molar-refractivity contribution in [1.29, 1.82) is 0 Å². The maximum Gasteiger partial charge on any atom is 0.238 e. The first-order valence-corrected chi connectivity index (χ1v) is 7.31. The van der Waals surface area contributed by atoms with Crippen molar-refractivity contribution in [1.82, 2.24) is 0 Å². The zero-order valence-electron chi connectivity index (χ0n) is 12.9. The van der Waals surface area contributed by atoms with Crippen LogP contribution in [0.5, 0.6) is 0 Å². The second kappa shape index (κ2) is 9.26. The van der Waals surface area contributed by atoms with E-state index < -0.39 is 35.7 Å². The van der Waals surface area contributed by atoms with E-state index in [-0.39, 0.29) is 12.3 Å². The molecule has 0 bridgehead atoms. The Labute approximate surface area is 121 Å². The molecule has 0 spiro atoms. The summed E-state index contributed by atoms with van der Waals surface area (Å²) in [5.74, 6) is -0.0259. The Hall–Kier alpha value is -0.720. The zero-order valence-corrected chi connectivity index (χ0v) is 12.9. The monoisotopic (exact) mass is 291 g/mol. The molecule has 0 aliphatic heterocycles. The molecule has 6 heteroatoms. The fraction of sp³-hybridized carbons (Fsp3) is 1.00. The summed E-state index contributed by atoms with van der Waals surface area (Å²) in [6, 6.07) is -1.10. The van der Waals surface area contributed by atoms with Crippen LogP contribution in [0.25, 0.3) is 0 Å². The lowest BCUT2D eigenvalue weighted by Gasteiger charge is -2.27. The number of hydrogen-bond acceptors (Lipinski definition) is 5. The van der Waals surface area contributed by atoms with Gasteiger partial charge < -0.3 is 15.3 Å². The molecular formula is C14H29NO5. The van der Waals surface area contributed by atoms with Crippen LogP contribution in [0.1, 0.15) is 47.0 Å². The van der Waals surface area contributed by atoms with Crippen LogP contribution in [0.15, 0.2) is 0 Å². The molecule has 0 amide bonds. The van der Waals surface area contributed by atoms with Crippen LogP contribution in [0.3, 0.4) is 0 Å². The average Bonchev–Trinajstić information content (AvgIpc) is 2.35. The largest absolute Gasteiger partial charge is 0.394 e. The fourth-order valence-corrected chi connectivity index (χ4v) is 2.37. The van der Waals surface area contributed by atoms with E-state index in [0.29, 0.717) is 12.3 Å². The van der Waals surface area contributed by atoms with Crippen LogP contribution in [-0.2, 0) is 0 Å². The molecule has 0 rings (SSSR count). The number of aliphatic hydroxyl groups excluding tert-OH is 3. The standard InChI is InChI=1S/C14H29NO5/c1-9(2)5-6-13(17)12(15(19)20)7-11(10(3)4)14(18)8-16/h9-14,16-18H,5-8H2,1-4H3. The zero-order chi connectivity index (χ0) is 15.9. The van der Waals surface area contributed by atoms with E-state index in [4.69, 9.17) is 5.11 Å². The number of rotatable bonds is 10. The topological polar surface area (TPSA) is 104 Å². The molecule has 4 unspecified atom stereocenters. The normalized spacial score (nSPS) is 18.1. The van der Waals surface area contributed by atoms with E-state index >= 15 is 0 Å². The molecule has 0 radical (unpaired) electrons. The van der Waals surface area contributed by atoms with Gasteiger partial charge >= 0.3 is 0 Å². The van der Waals surface area contributed by atoms with Crippen molar-refractivity contribution in [2.75, 3.05) is 6.61 Å². The molecule has 0 fully saturated rings. The molecule has 0 saturated heterocycles. The second-order valence-corrected chi connectivity index (χ2v) is 6.28. The molecule has 0 saturated carbocycles. The van der Waals surface area contributed by atoms with E-state index in [2.05, 4.69) is 0 Å². The van der Waals surface area contributed by atoms with Crippen molar-refractivity contribution in [2.24, 2.45) is 17.8 Å². The molecule has 4 atom stereocenters. The SMILES string of the molecule is CC(C)CCC(O)C(CC(C(C)C)C(O)CO)[N+](=O)[O-]. The van der Waals surface area contributed by atoms with Crippen LogP contribution in [-0.4, -0.2) is 45.1 Å². The lowest BCUT2D eigenvalue weighted by molar-refractivity contribution is -0.537. The summed E-state index contributed by atoms with van der Waals surface area (Å²) in [5, 5.41) is 40.0. The van der Waals surface area contributed by atoms with Gasteiger partial charge in [0.15, 0.2) is 0 Å². The first-order valence-electron chi connectivity index (χ1n) is 7.31. The van der Waals surface area contributed by atoms with Gasteiger partial charge in [0, 0.05) is 11.3 Å². The molecular weight excluding hydrogens is 262 g/mol. The Balaban J connectivity index is 4.77. The van der Waals surface area contributed by atoms with Gasteiger partial charge in [-0.3, -0.25) is 10.1 Å². The summed E-state index contributed by atoms with van der Waals surface area (Å²) >= 11 is 0. The minimum atomic E-state index is -1.10. The molecule has 0 aromatic rings. The van der Waals surface area contributed by atoms with Gasteiger partial charge in [0.2, 0.25) is 6.04 Å². The highest BCUT2D eigenvalue weighted by atomic mass is 16.6. The van der Waals surface area contributed by atoms with E-state index in [1.165, 1.54) is 0 Å². The van der Waals surface area contributed by atoms with E-state index in [0.717, 1.165) is 6.42 Å². The molecule has 0 aliphatic rings. The Bertz CT molecular complexity index is 283. The summed E-state index contributed by atoms with van der Waals surface area (Å²) in [7, 11) is 0. The Morgan fingerprint density at radius 1 is 1.05 bits per heavy atom. The quantitative estimate of drug-likeness (QED) is 0.417. The van der Waals surface area contributed by atoms with Gasteiger partial charge in [-0.1, -0.05) is 27.7 Å². The van der Waals surface area contributed by atoms with Crippen LogP contribution < -0.4 is 0 Å². The third-order valence-corrected chi connectivity index (χ3v) is 3.81. The Morgan fingerprint density at radius 2 is 1.60 bits per heavy atom. The highest BCUT2D eigenvalue weighted by Crippen LogP contribution is 2.25. The van der Waals surface area contributed by atoms with Crippen molar-refractivity contribution < 1.29 is 20.2 Å². The molecule has 0 aliphatic carbocycles. The second-order valence-electron chi connectivity index (χ2n) is 6.28. The van der Waals surface area contributed by atoms with Crippen molar-refractivity contribution in [2.45, 2.75) is 65.2 Å². The third kappa shape index (κ3) is 6.63. The molecule has 120 valence electrons. The van der Waals surface area contributed by atoms with Gasteiger partial charge in [-0.2, -0.15) is 0 Å². The van der Waals surface area contributed by atoms with Gasteiger partial charge in [-0.25, -0.2) is 0 Å². The van der Waals surface area contributed by atoms with Crippen molar-refractivity contribution in [3.05, 3.63) is 10.1 Å². The summed E-state index contributed by atoms with van der Waals surface area (Å²) in [6.45, 7) is 7.28. The molecule has 0 aromatic carbocycles. The summed E-state index contributed by atoms with van der Waals surface area (Å²) in [4.78, 5) is 10.7. The lowest BCUT2D eigenvalue weighted by Crippen LogP contribution is -2.40. The number of hydrogen-bond donors (Lipinski definition) is 3. The maximum atomic E-state index is 11.2. The van der Waals surface area contributed by atoms with Gasteiger partial charge in [0.1, 0.15) is 6.10 Å². The highest BCUT2D eigenvalue weighted by molar-refractivity contribution is 4.79. The minimum Gasteiger partial charge on any atom is -0.394 e. The number of nitrogens with zero attached hydrogens (tertiary/aromatic N) is 1. The van der Waals surface area contributed by atoms with Crippen LogP contribution >= 0.6 is 0 Å². The lowest BCUT2D eigenvalue weighted by atomic mass is 9.83. The Morgan fingerprint density at radius 3 is 1.95 bits per heavy atom. The van der Waals surface area contributed by atoms with E-state index in [1.807, 2.05) is 27.7 Å². The Kier molecular flexibility index (Phi) is 8.93. The maximum absolute atomic E-state index is 11.2. The van der Waals surface area contributed by atoms with E-state index in [9.17, 15) is 20.3 Å². The molecule has 0 aromatic heterocycles.